The van der Waals surface area contributed by atoms with E-state index in [-0.39, 0.29) is 34.5 Å². The van der Waals surface area contributed by atoms with Crippen LogP contribution in [0.3, 0.4) is 0 Å². The molecule has 0 bridgehead atoms. The molecule has 0 aliphatic carbocycles. The maximum Gasteiger partial charge on any atom is 1.00 e. The van der Waals surface area contributed by atoms with Gasteiger partial charge in [-0.3, -0.25) is 0 Å². The Morgan fingerprint density at radius 2 is 0.588 bits per heavy atom. The summed E-state index contributed by atoms with van der Waals surface area (Å²) in [6.45, 7) is 2.30. The summed E-state index contributed by atoms with van der Waals surface area (Å²) < 4.78 is 34.2. The van der Waals surface area contributed by atoms with Crippen LogP contribution in [0.4, 0.5) is 0 Å². The van der Waals surface area contributed by atoms with Crippen molar-refractivity contribution in [3.05, 3.63) is 29.8 Å². The topological polar surface area (TPSA) is 57.2 Å². The molecule has 1 rings (SSSR count). The van der Waals surface area contributed by atoms with E-state index < -0.39 is 10.1 Å². The van der Waals surface area contributed by atoms with E-state index >= 15 is 0 Å². The first-order valence-corrected chi connectivity index (χ1v) is 24.0. The monoisotopic (exact) mass is 741 g/mol. The van der Waals surface area contributed by atoms with Gasteiger partial charge in [0.05, 0.1) is 4.90 Å². The predicted molar refractivity (Wildman–Crippen MR) is 219 cm³/mol. The number of benzene rings is 1. The minimum Gasteiger partial charge on any atom is -0.744 e. The quantitative estimate of drug-likeness (QED) is 0.0382. The summed E-state index contributed by atoms with van der Waals surface area (Å²) in [6, 6.07) is 6.65. The van der Waals surface area contributed by atoms with E-state index in [1.165, 1.54) is 237 Å². The molecule has 1 aromatic rings. The van der Waals surface area contributed by atoms with E-state index in [1.807, 2.05) is 6.07 Å². The average molecular weight is 741 g/mol. The Labute approximate surface area is 342 Å². The molecule has 0 aliphatic rings. The molecule has 294 valence electrons. The molecule has 0 spiro atoms. The van der Waals surface area contributed by atoms with Crippen molar-refractivity contribution in [3.8, 4) is 0 Å². The summed E-state index contributed by atoms with van der Waals surface area (Å²) in [6.07, 6.45) is 54.4. The van der Waals surface area contributed by atoms with Gasteiger partial charge in [-0.15, -0.1) is 0 Å². The van der Waals surface area contributed by atoms with Crippen LogP contribution < -0.4 is 29.6 Å². The van der Waals surface area contributed by atoms with Gasteiger partial charge in [-0.1, -0.05) is 263 Å². The Bertz CT molecular complexity index is 934. The smallest absolute Gasteiger partial charge is 0.744 e. The van der Waals surface area contributed by atoms with Gasteiger partial charge in [0.2, 0.25) is 0 Å². The van der Waals surface area contributed by atoms with Gasteiger partial charge in [0, 0.05) is 0 Å². The molecule has 5 heteroatoms. The average Bonchev–Trinajstić information content (AvgIpc) is 3.11. The molecule has 0 aromatic heterocycles. The maximum absolute atomic E-state index is 11.4. The summed E-state index contributed by atoms with van der Waals surface area (Å²) >= 11 is 0. The van der Waals surface area contributed by atoms with Crippen LogP contribution in [0.1, 0.15) is 256 Å². The third-order valence-corrected chi connectivity index (χ3v) is 12.0. The number of hydrogen-bond acceptors (Lipinski definition) is 3. The van der Waals surface area contributed by atoms with Crippen molar-refractivity contribution in [1.29, 1.82) is 0 Å². The standard InChI is InChI=1S/C46H86O3S.Na/c1-2-3-4-5-6-7-8-9-10-11-12-13-14-15-16-17-18-19-20-21-22-23-24-25-26-27-28-29-30-31-32-33-34-35-36-37-38-39-42-45-43-40-41-44-46(45)50(47,48)49;/h40-41,43-44H,2-39,42H2,1H3,(H,47,48,49);/q;+1/p-1. The summed E-state index contributed by atoms with van der Waals surface area (Å²) in [7, 11) is -4.37. The van der Waals surface area contributed by atoms with Gasteiger partial charge >= 0.3 is 29.6 Å². The van der Waals surface area contributed by atoms with Crippen molar-refractivity contribution in [1.82, 2.24) is 0 Å². The number of hydrogen-bond donors (Lipinski definition) is 0. The van der Waals surface area contributed by atoms with E-state index in [4.69, 9.17) is 0 Å². The summed E-state index contributed by atoms with van der Waals surface area (Å²) in [4.78, 5) is -0.0402. The molecule has 51 heavy (non-hydrogen) atoms. The number of unbranched alkanes of at least 4 members (excludes halogenated alkanes) is 37. The van der Waals surface area contributed by atoms with Crippen LogP contribution in [-0.2, 0) is 16.5 Å². The van der Waals surface area contributed by atoms with Crippen molar-refractivity contribution >= 4 is 10.1 Å². The third-order valence-electron chi connectivity index (χ3n) is 11.0. The Morgan fingerprint density at radius 3 is 0.824 bits per heavy atom. The zero-order valence-corrected chi connectivity index (χ0v) is 37.3. The fraction of sp³-hybridized carbons (Fsp3) is 0.870. The second-order valence-electron chi connectivity index (χ2n) is 15.9. The van der Waals surface area contributed by atoms with Crippen LogP contribution in [0.2, 0.25) is 0 Å². The molecular weight excluding hydrogens is 656 g/mol. The van der Waals surface area contributed by atoms with E-state index in [2.05, 4.69) is 6.92 Å². The van der Waals surface area contributed by atoms with Crippen LogP contribution in [0.5, 0.6) is 0 Å². The maximum atomic E-state index is 11.4. The van der Waals surface area contributed by atoms with Crippen LogP contribution in [0.25, 0.3) is 0 Å². The van der Waals surface area contributed by atoms with Crippen molar-refractivity contribution in [2.75, 3.05) is 0 Å². The molecule has 0 saturated heterocycles. The van der Waals surface area contributed by atoms with Crippen LogP contribution in [-0.4, -0.2) is 13.0 Å². The Hall–Kier alpha value is 0.130. The van der Waals surface area contributed by atoms with Gasteiger partial charge in [-0.25, -0.2) is 8.42 Å². The molecule has 0 fully saturated rings. The minimum atomic E-state index is -4.37. The molecule has 0 atom stereocenters. The molecule has 0 unspecified atom stereocenters. The van der Waals surface area contributed by atoms with Gasteiger partial charge in [-0.05, 0) is 24.5 Å². The molecular formula is C46H85NaO3S. The Morgan fingerprint density at radius 1 is 0.373 bits per heavy atom. The van der Waals surface area contributed by atoms with E-state index in [0.717, 1.165) is 12.8 Å². The van der Waals surface area contributed by atoms with E-state index in [0.29, 0.717) is 12.0 Å². The molecule has 0 saturated carbocycles. The van der Waals surface area contributed by atoms with Crippen molar-refractivity contribution in [2.24, 2.45) is 0 Å². The van der Waals surface area contributed by atoms with Gasteiger partial charge < -0.3 is 4.55 Å². The van der Waals surface area contributed by atoms with Gasteiger partial charge in [0.25, 0.3) is 0 Å². The van der Waals surface area contributed by atoms with Gasteiger partial charge in [0.1, 0.15) is 10.1 Å². The Balaban J connectivity index is 0.0000250. The fourth-order valence-electron chi connectivity index (χ4n) is 7.71. The van der Waals surface area contributed by atoms with Crippen LogP contribution >= 0.6 is 0 Å². The van der Waals surface area contributed by atoms with Crippen molar-refractivity contribution in [3.63, 3.8) is 0 Å². The molecule has 0 aliphatic heterocycles. The summed E-state index contributed by atoms with van der Waals surface area (Å²) in [5.41, 5.74) is 0.675. The zero-order chi connectivity index (χ0) is 36.1. The normalized spacial score (nSPS) is 11.6. The summed E-state index contributed by atoms with van der Waals surface area (Å²) in [5.74, 6) is 0. The Kier molecular flexibility index (Phi) is 39.9. The first kappa shape index (κ1) is 51.1. The first-order chi connectivity index (χ1) is 24.6. The second kappa shape index (κ2) is 39.8. The summed E-state index contributed by atoms with van der Waals surface area (Å²) in [5, 5.41) is 0. The van der Waals surface area contributed by atoms with Gasteiger partial charge in [0.15, 0.2) is 0 Å². The zero-order valence-electron chi connectivity index (χ0n) is 34.5. The van der Waals surface area contributed by atoms with Crippen molar-refractivity contribution < 1.29 is 42.5 Å². The molecule has 0 amide bonds. The SMILES string of the molecule is CCCCCCCCCCCCCCCCCCCCCCCCCCCCCCCCCCCCCCCCc1ccccc1S(=O)(=O)[O-].[Na+]. The molecule has 0 radical (unpaired) electrons. The van der Waals surface area contributed by atoms with Crippen molar-refractivity contribution in [2.45, 2.75) is 262 Å². The number of aryl methyl sites for hydroxylation is 1. The molecule has 3 nitrogen and oxygen atoms in total. The third kappa shape index (κ3) is 35.6. The van der Waals surface area contributed by atoms with E-state index in [9.17, 15) is 13.0 Å². The largest absolute Gasteiger partial charge is 1.00 e. The number of rotatable bonds is 40. The fourth-order valence-corrected chi connectivity index (χ4v) is 8.44. The first-order valence-electron chi connectivity index (χ1n) is 22.6. The second-order valence-corrected chi connectivity index (χ2v) is 17.2. The van der Waals surface area contributed by atoms with E-state index in [1.54, 1.807) is 12.1 Å². The van der Waals surface area contributed by atoms with Crippen LogP contribution in [0.15, 0.2) is 29.2 Å². The minimum absolute atomic E-state index is 0. The molecule has 0 heterocycles. The molecule has 0 N–H and O–H groups in total. The van der Waals surface area contributed by atoms with Gasteiger partial charge in [-0.2, -0.15) is 0 Å². The van der Waals surface area contributed by atoms with Crippen LogP contribution in [0, 0.1) is 0 Å². The predicted octanol–water partition coefficient (Wildman–Crippen LogP) is 13.0. The molecule has 1 aromatic carbocycles.